The molecule has 0 aliphatic carbocycles. The molecular formula is C13H20N2O4S2. The van der Waals surface area contributed by atoms with Crippen LogP contribution in [0, 0.1) is 6.92 Å². The highest BCUT2D eigenvalue weighted by Gasteiger charge is 2.19. The van der Waals surface area contributed by atoms with Crippen LogP contribution in [-0.4, -0.2) is 33.6 Å². The highest BCUT2D eigenvalue weighted by molar-refractivity contribution is 7.89. The third-order valence-corrected chi connectivity index (χ3v) is 5.64. The number of nitrogens with one attached hydrogen (secondary N) is 1. The number of carbonyl (C=O) groups excluding carboxylic acids is 1. The van der Waals surface area contributed by atoms with Gasteiger partial charge >= 0.3 is 0 Å². The Morgan fingerprint density at radius 2 is 2.29 bits per heavy atom. The van der Waals surface area contributed by atoms with Crippen LogP contribution in [0.15, 0.2) is 11.0 Å². The van der Waals surface area contributed by atoms with Gasteiger partial charge in [0.05, 0.1) is 15.9 Å². The van der Waals surface area contributed by atoms with Gasteiger partial charge in [-0.1, -0.05) is 0 Å². The van der Waals surface area contributed by atoms with Crippen molar-refractivity contribution in [2.24, 2.45) is 5.14 Å². The predicted octanol–water partition coefficient (Wildman–Crippen LogP) is 1.39. The number of thiophene rings is 1. The van der Waals surface area contributed by atoms with E-state index < -0.39 is 10.0 Å². The summed E-state index contributed by atoms with van der Waals surface area (Å²) in [6.45, 7) is 2.95. The van der Waals surface area contributed by atoms with Crippen molar-refractivity contribution in [3.63, 3.8) is 0 Å². The maximum atomic E-state index is 12.0. The summed E-state index contributed by atoms with van der Waals surface area (Å²) < 4.78 is 28.3. The Morgan fingerprint density at radius 3 is 2.86 bits per heavy atom. The van der Waals surface area contributed by atoms with E-state index in [2.05, 4.69) is 5.32 Å². The van der Waals surface area contributed by atoms with E-state index in [9.17, 15) is 13.2 Å². The van der Waals surface area contributed by atoms with Gasteiger partial charge in [0.25, 0.3) is 5.91 Å². The van der Waals surface area contributed by atoms with Crippen LogP contribution in [0.2, 0.25) is 0 Å². The number of hydrogen-bond acceptors (Lipinski definition) is 5. The summed E-state index contributed by atoms with van der Waals surface area (Å²) in [5, 5.41) is 7.89. The Morgan fingerprint density at radius 1 is 1.52 bits per heavy atom. The van der Waals surface area contributed by atoms with Crippen molar-refractivity contribution in [2.45, 2.75) is 43.6 Å². The monoisotopic (exact) mass is 332 g/mol. The number of aryl methyl sites for hydroxylation is 1. The number of hydrogen-bond donors (Lipinski definition) is 2. The van der Waals surface area contributed by atoms with Crippen LogP contribution in [0.4, 0.5) is 0 Å². The molecule has 21 heavy (non-hydrogen) atoms. The molecule has 6 nitrogen and oxygen atoms in total. The van der Waals surface area contributed by atoms with Gasteiger partial charge in [-0.3, -0.25) is 4.79 Å². The Kier molecular flexibility index (Phi) is 5.37. The van der Waals surface area contributed by atoms with E-state index in [-0.39, 0.29) is 16.9 Å². The summed E-state index contributed by atoms with van der Waals surface area (Å²) in [7, 11) is -3.77. The number of ether oxygens (including phenoxy) is 1. The van der Waals surface area contributed by atoms with Crippen LogP contribution >= 0.6 is 11.3 Å². The van der Waals surface area contributed by atoms with Gasteiger partial charge in [0.15, 0.2) is 0 Å². The molecule has 0 spiro atoms. The van der Waals surface area contributed by atoms with E-state index in [1.54, 1.807) is 6.92 Å². The molecule has 1 fully saturated rings. The van der Waals surface area contributed by atoms with Crippen molar-refractivity contribution in [1.29, 1.82) is 0 Å². The summed E-state index contributed by atoms with van der Waals surface area (Å²) >= 11 is 1.13. The topological polar surface area (TPSA) is 98.5 Å². The maximum absolute atomic E-state index is 12.0. The van der Waals surface area contributed by atoms with Gasteiger partial charge in [0.1, 0.15) is 0 Å². The number of primary sulfonamides is 1. The first-order valence-corrected chi connectivity index (χ1v) is 9.27. The lowest BCUT2D eigenvalue weighted by atomic mass is 10.1. The molecule has 1 saturated heterocycles. The van der Waals surface area contributed by atoms with Gasteiger partial charge in [-0.05, 0) is 38.7 Å². The molecule has 1 aromatic heterocycles. The molecule has 1 atom stereocenters. The van der Waals surface area contributed by atoms with Crippen LogP contribution in [0.1, 0.15) is 40.2 Å². The first kappa shape index (κ1) is 16.4. The molecule has 118 valence electrons. The second kappa shape index (κ2) is 6.87. The lowest BCUT2D eigenvalue weighted by Crippen LogP contribution is -2.29. The summed E-state index contributed by atoms with van der Waals surface area (Å²) in [4.78, 5) is 12.9. The molecule has 1 aliphatic rings. The minimum absolute atomic E-state index is 0.0215. The quantitative estimate of drug-likeness (QED) is 0.851. The summed E-state index contributed by atoms with van der Waals surface area (Å²) in [6, 6.07) is 1.34. The van der Waals surface area contributed by atoms with Crippen LogP contribution in [0.25, 0.3) is 0 Å². The van der Waals surface area contributed by atoms with Crippen LogP contribution < -0.4 is 10.5 Å². The average molecular weight is 332 g/mol. The smallest absolute Gasteiger partial charge is 0.261 e. The van der Waals surface area contributed by atoms with Crippen molar-refractivity contribution < 1.29 is 17.9 Å². The zero-order valence-corrected chi connectivity index (χ0v) is 13.6. The van der Waals surface area contributed by atoms with Crippen molar-refractivity contribution in [2.75, 3.05) is 13.2 Å². The lowest BCUT2D eigenvalue weighted by Gasteiger charge is -2.22. The minimum atomic E-state index is -3.77. The van der Waals surface area contributed by atoms with Crippen molar-refractivity contribution in [3.8, 4) is 0 Å². The molecule has 2 heterocycles. The Balaban J connectivity index is 1.88. The zero-order valence-electron chi connectivity index (χ0n) is 11.9. The molecule has 0 radical (unpaired) electrons. The van der Waals surface area contributed by atoms with Crippen LogP contribution in [0.5, 0.6) is 0 Å². The van der Waals surface area contributed by atoms with Gasteiger partial charge in [-0.25, -0.2) is 13.6 Å². The van der Waals surface area contributed by atoms with Gasteiger partial charge in [-0.2, -0.15) is 0 Å². The molecule has 8 heteroatoms. The first-order valence-electron chi connectivity index (χ1n) is 6.91. The van der Waals surface area contributed by atoms with Crippen molar-refractivity contribution >= 4 is 27.3 Å². The van der Waals surface area contributed by atoms with E-state index >= 15 is 0 Å². The minimum Gasteiger partial charge on any atom is -0.378 e. The molecule has 2 rings (SSSR count). The summed E-state index contributed by atoms with van der Waals surface area (Å²) in [6.07, 6.45) is 4.29. The first-order chi connectivity index (χ1) is 9.88. The van der Waals surface area contributed by atoms with E-state index in [0.717, 1.165) is 37.2 Å². The normalized spacial score (nSPS) is 19.4. The summed E-state index contributed by atoms with van der Waals surface area (Å²) in [5.74, 6) is -0.270. The number of sulfonamides is 1. The lowest BCUT2D eigenvalue weighted by molar-refractivity contribution is 0.0117. The van der Waals surface area contributed by atoms with Crippen LogP contribution in [0.3, 0.4) is 0 Å². The van der Waals surface area contributed by atoms with E-state index in [4.69, 9.17) is 9.88 Å². The molecule has 0 aromatic carbocycles. The molecule has 1 amide bonds. The largest absolute Gasteiger partial charge is 0.378 e. The molecule has 3 N–H and O–H groups in total. The van der Waals surface area contributed by atoms with E-state index in [1.165, 1.54) is 12.5 Å². The highest BCUT2D eigenvalue weighted by atomic mass is 32.2. The van der Waals surface area contributed by atoms with Crippen molar-refractivity contribution in [1.82, 2.24) is 5.32 Å². The van der Waals surface area contributed by atoms with E-state index in [0.29, 0.717) is 16.3 Å². The fourth-order valence-electron chi connectivity index (χ4n) is 2.33. The van der Waals surface area contributed by atoms with Crippen molar-refractivity contribution in [3.05, 3.63) is 15.8 Å². The Bertz CT molecular complexity index is 604. The van der Waals surface area contributed by atoms with Gasteiger partial charge in [-0.15, -0.1) is 11.3 Å². The number of carbonyl (C=O) groups is 1. The Hall–Kier alpha value is -0.960. The molecular weight excluding hydrogens is 312 g/mol. The Labute approximate surface area is 128 Å². The molecule has 1 unspecified atom stereocenters. The highest BCUT2D eigenvalue weighted by Crippen LogP contribution is 2.24. The second-order valence-corrected chi connectivity index (χ2v) is 7.90. The van der Waals surface area contributed by atoms with E-state index in [1.807, 2.05) is 0 Å². The molecule has 0 saturated carbocycles. The van der Waals surface area contributed by atoms with Gasteiger partial charge in [0.2, 0.25) is 10.0 Å². The third kappa shape index (κ3) is 4.50. The fraction of sp³-hybridized carbons (Fsp3) is 0.615. The summed E-state index contributed by atoms with van der Waals surface area (Å²) in [5.41, 5.74) is 0. The SMILES string of the molecule is Cc1sc(C(=O)NCCC2CCCCO2)cc1S(N)(=O)=O. The molecule has 0 bridgehead atoms. The maximum Gasteiger partial charge on any atom is 0.261 e. The van der Waals surface area contributed by atoms with Gasteiger partial charge in [0, 0.05) is 18.0 Å². The van der Waals surface area contributed by atoms with Gasteiger partial charge < -0.3 is 10.1 Å². The fourth-order valence-corrected chi connectivity index (χ4v) is 4.39. The molecule has 1 aliphatic heterocycles. The number of amides is 1. The third-order valence-electron chi connectivity index (χ3n) is 3.43. The number of rotatable bonds is 5. The van der Waals surface area contributed by atoms with Crippen LogP contribution in [-0.2, 0) is 14.8 Å². The average Bonchev–Trinajstić information content (AvgIpc) is 2.82. The zero-order chi connectivity index (χ0) is 15.5. The predicted molar refractivity (Wildman–Crippen MR) is 81.0 cm³/mol. The number of nitrogens with two attached hydrogens (primary N) is 1. The second-order valence-electron chi connectivity index (χ2n) is 5.11. The molecule has 1 aromatic rings. The standard InChI is InChI=1S/C13H20N2O4S2/c1-9-12(21(14,17)18)8-11(20-9)13(16)15-6-5-10-4-2-3-7-19-10/h8,10H,2-7H2,1H3,(H,15,16)(H2,14,17,18).